The van der Waals surface area contributed by atoms with E-state index in [1.807, 2.05) is 31.2 Å². The van der Waals surface area contributed by atoms with Crippen LogP contribution in [0.3, 0.4) is 0 Å². The lowest BCUT2D eigenvalue weighted by Gasteiger charge is -2.03. The van der Waals surface area contributed by atoms with E-state index < -0.39 is 0 Å². The number of anilines is 1. The topological polar surface area (TPSA) is 68.9 Å². The summed E-state index contributed by atoms with van der Waals surface area (Å²) in [4.78, 5) is 31.1. The van der Waals surface area contributed by atoms with Crippen LogP contribution in [0.15, 0.2) is 29.1 Å². The third-order valence-corrected chi connectivity index (χ3v) is 5.96. The zero-order valence-electron chi connectivity index (χ0n) is 14.8. The maximum Gasteiger partial charge on any atom is 0.329 e. The first-order valence-electron chi connectivity index (χ1n) is 9.14. The number of hydrogen-bond acceptors (Lipinski definition) is 4. The van der Waals surface area contributed by atoms with Crippen LogP contribution in [0.25, 0.3) is 11.0 Å². The zero-order valence-corrected chi connectivity index (χ0v) is 15.6. The van der Waals surface area contributed by atoms with Crippen molar-refractivity contribution in [2.45, 2.75) is 52.1 Å². The highest BCUT2D eigenvalue weighted by molar-refractivity contribution is 7.15. The van der Waals surface area contributed by atoms with E-state index in [1.165, 1.54) is 22.3 Å². The molecule has 0 unspecified atom stereocenters. The second-order valence-corrected chi connectivity index (χ2v) is 7.68. The number of carbonyl (C=O) groups is 1. The summed E-state index contributed by atoms with van der Waals surface area (Å²) < 4.78 is 3.22. The fraction of sp³-hybridized carbons (Fsp3) is 0.421. The van der Waals surface area contributed by atoms with Crippen molar-refractivity contribution < 1.29 is 4.79 Å². The second kappa shape index (κ2) is 7.07. The van der Waals surface area contributed by atoms with Gasteiger partial charge in [0, 0.05) is 11.4 Å². The molecule has 1 aromatic carbocycles. The van der Waals surface area contributed by atoms with Crippen LogP contribution >= 0.6 is 11.3 Å². The largest absolute Gasteiger partial charge is 0.329 e. The molecule has 0 radical (unpaired) electrons. The van der Waals surface area contributed by atoms with Crippen molar-refractivity contribution in [3.8, 4) is 0 Å². The van der Waals surface area contributed by atoms with E-state index in [2.05, 4.69) is 10.3 Å². The highest BCUT2D eigenvalue weighted by Crippen LogP contribution is 2.28. The summed E-state index contributed by atoms with van der Waals surface area (Å²) in [5.41, 5.74) is 2.61. The Bertz CT molecular complexity index is 991. The SMILES string of the molecule is CCn1c(=O)n(CC(=O)Nc2nc3c(s2)CCCCC3)c2ccccc21. The molecule has 0 spiro atoms. The molecule has 26 heavy (non-hydrogen) atoms. The van der Waals surface area contributed by atoms with Gasteiger partial charge >= 0.3 is 5.69 Å². The van der Waals surface area contributed by atoms with E-state index in [0.717, 1.165) is 36.0 Å². The molecule has 6 nitrogen and oxygen atoms in total. The molecule has 0 saturated carbocycles. The highest BCUT2D eigenvalue weighted by atomic mass is 32.1. The number of carbonyl (C=O) groups excluding carboxylic acids is 1. The monoisotopic (exact) mass is 370 g/mol. The fourth-order valence-electron chi connectivity index (χ4n) is 3.62. The molecule has 1 aliphatic carbocycles. The number of thiazole rings is 1. The minimum Gasteiger partial charge on any atom is -0.300 e. The molecular weight excluding hydrogens is 348 g/mol. The van der Waals surface area contributed by atoms with E-state index in [-0.39, 0.29) is 18.1 Å². The molecule has 0 fully saturated rings. The number of amides is 1. The maximum absolute atomic E-state index is 12.6. The van der Waals surface area contributed by atoms with Crippen LogP contribution < -0.4 is 11.0 Å². The molecule has 136 valence electrons. The van der Waals surface area contributed by atoms with Crippen molar-refractivity contribution >= 4 is 33.4 Å². The molecule has 0 atom stereocenters. The third kappa shape index (κ3) is 3.07. The number of nitrogens with zero attached hydrogens (tertiary/aromatic N) is 3. The first kappa shape index (κ1) is 17.0. The Morgan fingerprint density at radius 3 is 2.65 bits per heavy atom. The van der Waals surface area contributed by atoms with Gasteiger partial charge in [-0.15, -0.1) is 11.3 Å². The Labute approximate surface area is 155 Å². The van der Waals surface area contributed by atoms with Crippen molar-refractivity contribution in [2.75, 3.05) is 5.32 Å². The number of rotatable bonds is 4. The Hall–Kier alpha value is -2.41. The Morgan fingerprint density at radius 2 is 1.88 bits per heavy atom. The quantitative estimate of drug-likeness (QED) is 0.717. The van der Waals surface area contributed by atoms with Gasteiger partial charge in [0.05, 0.1) is 16.7 Å². The van der Waals surface area contributed by atoms with Crippen LogP contribution in [0.5, 0.6) is 0 Å². The van der Waals surface area contributed by atoms with Gasteiger partial charge in [-0.3, -0.25) is 13.9 Å². The van der Waals surface area contributed by atoms with E-state index in [0.29, 0.717) is 11.7 Å². The normalized spacial score (nSPS) is 14.2. The van der Waals surface area contributed by atoms with E-state index in [4.69, 9.17) is 0 Å². The molecule has 0 aliphatic heterocycles. The summed E-state index contributed by atoms with van der Waals surface area (Å²) in [6.07, 6.45) is 5.64. The summed E-state index contributed by atoms with van der Waals surface area (Å²) in [6.45, 7) is 2.50. The molecular formula is C19H22N4O2S. The number of imidazole rings is 1. The molecule has 0 bridgehead atoms. The van der Waals surface area contributed by atoms with E-state index in [1.54, 1.807) is 15.9 Å². The van der Waals surface area contributed by atoms with Gasteiger partial charge in [0.1, 0.15) is 6.54 Å². The standard InChI is InChI=1S/C19H22N4O2S/c1-2-22-14-9-6-7-10-15(14)23(19(22)25)12-17(24)21-18-20-13-8-4-3-5-11-16(13)26-18/h6-7,9-10H,2-5,8,11-12H2,1H3,(H,20,21,24). The smallest absolute Gasteiger partial charge is 0.300 e. The Balaban J connectivity index is 1.57. The molecule has 1 aliphatic rings. The minimum absolute atomic E-state index is 0.00338. The Kier molecular flexibility index (Phi) is 4.63. The summed E-state index contributed by atoms with van der Waals surface area (Å²) in [5.74, 6) is -0.213. The summed E-state index contributed by atoms with van der Waals surface area (Å²) >= 11 is 1.57. The first-order valence-corrected chi connectivity index (χ1v) is 9.95. The number of nitrogens with one attached hydrogen (secondary N) is 1. The van der Waals surface area contributed by atoms with Gasteiger partial charge in [-0.05, 0) is 44.7 Å². The van der Waals surface area contributed by atoms with Gasteiger partial charge in [-0.25, -0.2) is 9.78 Å². The third-order valence-electron chi connectivity index (χ3n) is 4.89. The molecule has 4 rings (SSSR count). The number of fused-ring (bicyclic) bond motifs is 2. The average molecular weight is 370 g/mol. The van der Waals surface area contributed by atoms with E-state index >= 15 is 0 Å². The summed E-state index contributed by atoms with van der Waals surface area (Å²) in [5, 5.41) is 3.53. The van der Waals surface area contributed by atoms with Gasteiger partial charge in [0.15, 0.2) is 5.13 Å². The number of aryl methyl sites for hydroxylation is 3. The van der Waals surface area contributed by atoms with Crippen molar-refractivity contribution in [3.63, 3.8) is 0 Å². The van der Waals surface area contributed by atoms with Crippen LogP contribution in [-0.2, 0) is 30.7 Å². The lowest BCUT2D eigenvalue weighted by molar-refractivity contribution is -0.116. The molecule has 0 saturated heterocycles. The second-order valence-electron chi connectivity index (χ2n) is 6.60. The number of hydrogen-bond donors (Lipinski definition) is 1. The van der Waals surface area contributed by atoms with Gasteiger partial charge in [-0.1, -0.05) is 18.6 Å². The molecule has 2 heterocycles. The van der Waals surface area contributed by atoms with Gasteiger partial charge in [0.2, 0.25) is 5.91 Å². The number of aromatic nitrogens is 3. The Morgan fingerprint density at radius 1 is 1.15 bits per heavy atom. The lowest BCUT2D eigenvalue weighted by Crippen LogP contribution is -2.29. The zero-order chi connectivity index (χ0) is 18.1. The highest BCUT2D eigenvalue weighted by Gasteiger charge is 2.18. The van der Waals surface area contributed by atoms with Crippen molar-refractivity contribution in [1.29, 1.82) is 0 Å². The average Bonchev–Trinajstić information content (AvgIpc) is 3.04. The van der Waals surface area contributed by atoms with Crippen LogP contribution in [0.2, 0.25) is 0 Å². The molecule has 2 aromatic heterocycles. The van der Waals surface area contributed by atoms with Crippen molar-refractivity contribution in [3.05, 3.63) is 45.3 Å². The molecule has 1 N–H and O–H groups in total. The van der Waals surface area contributed by atoms with Crippen molar-refractivity contribution in [2.24, 2.45) is 0 Å². The van der Waals surface area contributed by atoms with Crippen LogP contribution in [0.4, 0.5) is 5.13 Å². The molecule has 1 amide bonds. The van der Waals surface area contributed by atoms with E-state index in [9.17, 15) is 9.59 Å². The van der Waals surface area contributed by atoms with Gasteiger partial charge in [-0.2, -0.15) is 0 Å². The van der Waals surface area contributed by atoms with Gasteiger partial charge in [0.25, 0.3) is 0 Å². The van der Waals surface area contributed by atoms with Crippen LogP contribution in [0, 0.1) is 0 Å². The molecule has 3 aromatic rings. The fourth-order valence-corrected chi connectivity index (χ4v) is 4.68. The predicted octanol–water partition coefficient (Wildman–Crippen LogP) is 3.19. The molecule has 7 heteroatoms. The number of benzene rings is 1. The van der Waals surface area contributed by atoms with Crippen LogP contribution in [0.1, 0.15) is 36.8 Å². The predicted molar refractivity (Wildman–Crippen MR) is 104 cm³/mol. The summed E-state index contributed by atoms with van der Waals surface area (Å²) in [7, 11) is 0. The van der Waals surface area contributed by atoms with Gasteiger partial charge < -0.3 is 5.32 Å². The van der Waals surface area contributed by atoms with Crippen molar-refractivity contribution in [1.82, 2.24) is 14.1 Å². The number of para-hydroxylation sites is 2. The summed E-state index contributed by atoms with van der Waals surface area (Å²) in [6, 6.07) is 7.57. The first-order chi connectivity index (χ1) is 12.7. The maximum atomic E-state index is 12.6. The van der Waals surface area contributed by atoms with Crippen LogP contribution in [-0.4, -0.2) is 20.0 Å². The minimum atomic E-state index is -0.213. The lowest BCUT2D eigenvalue weighted by atomic mass is 10.2.